The zero-order valence-corrected chi connectivity index (χ0v) is 15.3. The second-order valence-corrected chi connectivity index (χ2v) is 6.62. The summed E-state index contributed by atoms with van der Waals surface area (Å²) in [6, 6.07) is 7.73. The summed E-state index contributed by atoms with van der Waals surface area (Å²) in [6.45, 7) is 1.84. The molecule has 0 unspecified atom stereocenters. The van der Waals surface area contributed by atoms with E-state index in [0.717, 1.165) is 47.7 Å². The van der Waals surface area contributed by atoms with Crippen LogP contribution in [-0.2, 0) is 6.42 Å². The summed E-state index contributed by atoms with van der Waals surface area (Å²) in [5, 5.41) is 7.64. The monoisotopic (exact) mass is 363 g/mol. The molecular weight excluding hydrogens is 342 g/mol. The lowest BCUT2D eigenvalue weighted by Gasteiger charge is -2.24. The Hall–Kier alpha value is -3.22. The number of fused-ring (bicyclic) bond motifs is 1. The molecule has 0 spiro atoms. The van der Waals surface area contributed by atoms with Crippen molar-refractivity contribution >= 4 is 5.91 Å². The number of rotatable bonds is 4. The first-order valence-corrected chi connectivity index (χ1v) is 8.96. The topological polar surface area (TPSA) is 81.9 Å². The average Bonchev–Trinajstić information content (AvgIpc) is 3.14. The first kappa shape index (κ1) is 17.2. The van der Waals surface area contributed by atoms with E-state index < -0.39 is 0 Å². The zero-order chi connectivity index (χ0) is 18.8. The molecule has 7 heteroatoms. The summed E-state index contributed by atoms with van der Waals surface area (Å²) in [6.07, 6.45) is 7.76. The number of aryl methyl sites for hydroxylation is 1. The number of hydrogen-bond donors (Lipinski definition) is 1. The summed E-state index contributed by atoms with van der Waals surface area (Å²) >= 11 is 0. The molecule has 0 bridgehead atoms. The van der Waals surface area contributed by atoms with Crippen LogP contribution in [0.1, 0.15) is 46.3 Å². The Kier molecular flexibility index (Phi) is 4.58. The molecule has 0 fully saturated rings. The van der Waals surface area contributed by atoms with Crippen molar-refractivity contribution in [3.63, 3.8) is 0 Å². The van der Waals surface area contributed by atoms with Crippen molar-refractivity contribution in [1.82, 2.24) is 25.1 Å². The van der Waals surface area contributed by atoms with Crippen LogP contribution < -0.4 is 10.1 Å². The molecule has 1 aromatic carbocycles. The maximum Gasteiger partial charge on any atom is 0.271 e. The number of nitrogens with zero attached hydrogens (tertiary/aromatic N) is 4. The number of methoxy groups -OCH3 is 1. The fourth-order valence-electron chi connectivity index (χ4n) is 3.39. The molecule has 3 aromatic rings. The van der Waals surface area contributed by atoms with Crippen LogP contribution in [0.2, 0.25) is 0 Å². The van der Waals surface area contributed by atoms with Crippen LogP contribution in [0.15, 0.2) is 42.9 Å². The first-order valence-electron chi connectivity index (χ1n) is 8.96. The Bertz CT molecular complexity index is 948. The Morgan fingerprint density at radius 1 is 1.19 bits per heavy atom. The molecule has 1 aliphatic carbocycles. The van der Waals surface area contributed by atoms with Gasteiger partial charge in [0, 0.05) is 17.5 Å². The first-order chi connectivity index (χ1) is 13.2. The van der Waals surface area contributed by atoms with Gasteiger partial charge in [0.2, 0.25) is 0 Å². The molecule has 7 nitrogen and oxygen atoms in total. The van der Waals surface area contributed by atoms with Crippen molar-refractivity contribution in [3.05, 3.63) is 65.5 Å². The number of carbonyl (C=O) groups is 1. The number of amides is 1. The Morgan fingerprint density at radius 2 is 2.00 bits per heavy atom. The summed E-state index contributed by atoms with van der Waals surface area (Å²) in [7, 11) is 1.65. The van der Waals surface area contributed by atoms with Gasteiger partial charge in [0.1, 0.15) is 11.4 Å². The van der Waals surface area contributed by atoms with Crippen LogP contribution in [0.5, 0.6) is 5.75 Å². The van der Waals surface area contributed by atoms with Gasteiger partial charge in [0.25, 0.3) is 5.91 Å². The van der Waals surface area contributed by atoms with Crippen molar-refractivity contribution in [2.75, 3.05) is 7.11 Å². The number of carbonyl (C=O) groups excluding carboxylic acids is 1. The zero-order valence-electron chi connectivity index (χ0n) is 15.3. The van der Waals surface area contributed by atoms with Gasteiger partial charge in [0.15, 0.2) is 0 Å². The van der Waals surface area contributed by atoms with E-state index in [1.54, 1.807) is 13.3 Å². The maximum atomic E-state index is 12.5. The SMILES string of the molecule is COc1ccc(-n2ncc3c2CCC[C@H]3NC(=O)c2cnc(C)cn2)cc1. The molecule has 1 atom stereocenters. The van der Waals surface area contributed by atoms with Crippen molar-refractivity contribution in [1.29, 1.82) is 0 Å². The van der Waals surface area contributed by atoms with Gasteiger partial charge >= 0.3 is 0 Å². The van der Waals surface area contributed by atoms with Crippen LogP contribution in [-0.4, -0.2) is 32.8 Å². The predicted octanol–water partition coefficient (Wildman–Crippen LogP) is 2.79. The summed E-state index contributed by atoms with van der Waals surface area (Å²) in [4.78, 5) is 20.8. The third-order valence-corrected chi connectivity index (χ3v) is 4.82. The molecule has 0 aliphatic heterocycles. The van der Waals surface area contributed by atoms with Gasteiger partial charge in [-0.2, -0.15) is 5.10 Å². The highest BCUT2D eigenvalue weighted by Crippen LogP contribution is 2.31. The van der Waals surface area contributed by atoms with Gasteiger partial charge in [-0.1, -0.05) is 0 Å². The van der Waals surface area contributed by atoms with Gasteiger partial charge < -0.3 is 10.1 Å². The van der Waals surface area contributed by atoms with Crippen molar-refractivity contribution < 1.29 is 9.53 Å². The van der Waals surface area contributed by atoms with Crippen molar-refractivity contribution in [3.8, 4) is 11.4 Å². The molecule has 0 saturated carbocycles. The smallest absolute Gasteiger partial charge is 0.271 e. The van der Waals surface area contributed by atoms with Gasteiger partial charge in [-0.25, -0.2) is 9.67 Å². The maximum absolute atomic E-state index is 12.5. The average molecular weight is 363 g/mol. The van der Waals surface area contributed by atoms with E-state index in [4.69, 9.17) is 4.74 Å². The van der Waals surface area contributed by atoms with E-state index in [1.807, 2.05) is 42.1 Å². The molecule has 2 heterocycles. The molecule has 0 saturated heterocycles. The van der Waals surface area contributed by atoms with Crippen molar-refractivity contribution in [2.24, 2.45) is 0 Å². The minimum atomic E-state index is -0.211. The second kappa shape index (κ2) is 7.19. The van der Waals surface area contributed by atoms with Gasteiger partial charge in [0.05, 0.1) is 36.9 Å². The molecule has 1 amide bonds. The molecule has 1 N–H and O–H groups in total. The van der Waals surface area contributed by atoms with Gasteiger partial charge in [-0.3, -0.25) is 9.78 Å². The molecule has 138 valence electrons. The lowest BCUT2D eigenvalue weighted by atomic mass is 9.92. The highest BCUT2D eigenvalue weighted by Gasteiger charge is 2.26. The highest BCUT2D eigenvalue weighted by molar-refractivity contribution is 5.92. The fraction of sp³-hybridized carbons (Fsp3) is 0.300. The molecule has 4 rings (SSSR count). The van der Waals surface area contributed by atoms with Crippen LogP contribution >= 0.6 is 0 Å². The van der Waals surface area contributed by atoms with Crippen molar-refractivity contribution in [2.45, 2.75) is 32.2 Å². The number of ether oxygens (including phenoxy) is 1. The predicted molar refractivity (Wildman–Crippen MR) is 100 cm³/mol. The van der Waals surface area contributed by atoms with E-state index >= 15 is 0 Å². The van der Waals surface area contributed by atoms with Crippen LogP contribution in [0.25, 0.3) is 5.69 Å². The molecule has 0 radical (unpaired) electrons. The number of hydrogen-bond acceptors (Lipinski definition) is 5. The van der Waals surface area contributed by atoms with Crippen LogP contribution in [0.3, 0.4) is 0 Å². The number of benzene rings is 1. The fourth-order valence-corrected chi connectivity index (χ4v) is 3.39. The quantitative estimate of drug-likeness (QED) is 0.771. The molecule has 27 heavy (non-hydrogen) atoms. The third-order valence-electron chi connectivity index (χ3n) is 4.82. The van der Waals surface area contributed by atoms with Gasteiger partial charge in [-0.05, 0) is 50.5 Å². The second-order valence-electron chi connectivity index (χ2n) is 6.62. The van der Waals surface area contributed by atoms with E-state index in [0.29, 0.717) is 5.69 Å². The Morgan fingerprint density at radius 3 is 2.70 bits per heavy atom. The third kappa shape index (κ3) is 3.40. The van der Waals surface area contributed by atoms with Crippen LogP contribution in [0, 0.1) is 6.92 Å². The number of nitrogens with one attached hydrogen (secondary N) is 1. The lowest BCUT2D eigenvalue weighted by Crippen LogP contribution is -2.31. The number of aromatic nitrogens is 4. The molecular formula is C20H21N5O2. The molecule has 2 aromatic heterocycles. The summed E-state index contributed by atoms with van der Waals surface area (Å²) in [5.74, 6) is 0.599. The highest BCUT2D eigenvalue weighted by atomic mass is 16.5. The Labute approximate surface area is 157 Å². The standard InChI is InChI=1S/C20H21N5O2/c1-13-10-22-18(12-21-13)20(26)24-17-4-3-5-19-16(17)11-23-25(19)14-6-8-15(27-2)9-7-14/h6-12,17H,3-5H2,1-2H3,(H,24,26)/t17-/m1/s1. The lowest BCUT2D eigenvalue weighted by molar-refractivity contribution is 0.0927. The summed E-state index contributed by atoms with van der Waals surface area (Å²) in [5.41, 5.74) is 4.29. The van der Waals surface area contributed by atoms with E-state index in [9.17, 15) is 4.79 Å². The minimum absolute atomic E-state index is 0.0728. The minimum Gasteiger partial charge on any atom is -0.497 e. The molecule has 1 aliphatic rings. The van der Waals surface area contributed by atoms with E-state index in [1.165, 1.54) is 6.20 Å². The van der Waals surface area contributed by atoms with E-state index in [2.05, 4.69) is 20.4 Å². The largest absolute Gasteiger partial charge is 0.497 e. The van der Waals surface area contributed by atoms with Crippen LogP contribution in [0.4, 0.5) is 0 Å². The normalized spacial score (nSPS) is 15.9. The van der Waals surface area contributed by atoms with E-state index in [-0.39, 0.29) is 11.9 Å². The Balaban J connectivity index is 1.57. The van der Waals surface area contributed by atoms with Gasteiger partial charge in [-0.15, -0.1) is 0 Å². The summed E-state index contributed by atoms with van der Waals surface area (Å²) < 4.78 is 7.16.